The Labute approximate surface area is 97.1 Å². The highest BCUT2D eigenvalue weighted by molar-refractivity contribution is 9.09. The van der Waals surface area contributed by atoms with E-state index < -0.39 is 6.10 Å². The molecular weight excluding hydrogens is 260 g/mol. The van der Waals surface area contributed by atoms with Crippen LogP contribution in [-0.4, -0.2) is 23.7 Å². The maximum absolute atomic E-state index is 9.77. The van der Waals surface area contributed by atoms with E-state index in [1.807, 2.05) is 19.1 Å². The standard InChI is InChI=1S/C11H13BrO3/c1-7-4-10-11(15-3-2-14-10)5-8(7)9(13)6-12/h4-5,9,13H,2-3,6H2,1H3. The Balaban J connectivity index is 2.40. The van der Waals surface area contributed by atoms with Crippen molar-refractivity contribution >= 4 is 15.9 Å². The number of aliphatic hydroxyl groups excluding tert-OH is 1. The SMILES string of the molecule is Cc1cc2c(cc1C(O)CBr)OCCO2. The van der Waals surface area contributed by atoms with E-state index in [1.54, 1.807) is 0 Å². The number of halogens is 1. The third-order valence-corrected chi connectivity index (χ3v) is 3.05. The average molecular weight is 273 g/mol. The van der Waals surface area contributed by atoms with Gasteiger partial charge in [0.15, 0.2) is 11.5 Å². The van der Waals surface area contributed by atoms with E-state index >= 15 is 0 Å². The number of aliphatic hydroxyl groups is 1. The van der Waals surface area contributed by atoms with Gasteiger partial charge >= 0.3 is 0 Å². The van der Waals surface area contributed by atoms with E-state index in [0.717, 1.165) is 22.6 Å². The molecule has 4 heteroatoms. The second-order valence-electron chi connectivity index (χ2n) is 3.52. The minimum Gasteiger partial charge on any atom is -0.486 e. The number of ether oxygens (including phenoxy) is 2. The van der Waals surface area contributed by atoms with Crippen LogP contribution in [0, 0.1) is 6.92 Å². The third kappa shape index (κ3) is 2.11. The molecule has 3 nitrogen and oxygen atoms in total. The summed E-state index contributed by atoms with van der Waals surface area (Å²) in [6.07, 6.45) is -0.499. The second kappa shape index (κ2) is 4.41. The summed E-state index contributed by atoms with van der Waals surface area (Å²) in [5.41, 5.74) is 1.90. The van der Waals surface area contributed by atoms with Gasteiger partial charge in [-0.25, -0.2) is 0 Å². The van der Waals surface area contributed by atoms with Gasteiger partial charge in [0.25, 0.3) is 0 Å². The Morgan fingerprint density at radius 3 is 2.53 bits per heavy atom. The summed E-state index contributed by atoms with van der Waals surface area (Å²) in [6, 6.07) is 3.77. The van der Waals surface area contributed by atoms with Crippen molar-refractivity contribution in [3.05, 3.63) is 23.3 Å². The molecule has 1 heterocycles. The molecule has 1 aromatic carbocycles. The first-order valence-electron chi connectivity index (χ1n) is 4.86. The van der Waals surface area contributed by atoms with Crippen molar-refractivity contribution in [2.24, 2.45) is 0 Å². The lowest BCUT2D eigenvalue weighted by atomic mass is 10.0. The summed E-state index contributed by atoms with van der Waals surface area (Å²) in [5, 5.41) is 10.3. The van der Waals surface area contributed by atoms with Crippen LogP contribution < -0.4 is 9.47 Å². The van der Waals surface area contributed by atoms with E-state index in [2.05, 4.69) is 15.9 Å². The monoisotopic (exact) mass is 272 g/mol. The molecule has 1 unspecified atom stereocenters. The van der Waals surface area contributed by atoms with E-state index in [1.165, 1.54) is 0 Å². The highest BCUT2D eigenvalue weighted by Crippen LogP contribution is 2.35. The maximum Gasteiger partial charge on any atom is 0.161 e. The molecule has 0 radical (unpaired) electrons. The third-order valence-electron chi connectivity index (χ3n) is 2.44. The number of rotatable bonds is 2. The van der Waals surface area contributed by atoms with E-state index in [-0.39, 0.29) is 0 Å². The van der Waals surface area contributed by atoms with Crippen LogP contribution in [0.5, 0.6) is 11.5 Å². The van der Waals surface area contributed by atoms with Crippen molar-refractivity contribution in [2.45, 2.75) is 13.0 Å². The zero-order valence-electron chi connectivity index (χ0n) is 8.50. The maximum atomic E-state index is 9.77. The topological polar surface area (TPSA) is 38.7 Å². The average Bonchev–Trinajstić information content (AvgIpc) is 2.27. The van der Waals surface area contributed by atoms with E-state index in [4.69, 9.17) is 9.47 Å². The first-order chi connectivity index (χ1) is 7.22. The van der Waals surface area contributed by atoms with Gasteiger partial charge in [0.2, 0.25) is 0 Å². The Morgan fingerprint density at radius 1 is 1.33 bits per heavy atom. The van der Waals surface area contributed by atoms with Crippen LogP contribution in [0.1, 0.15) is 17.2 Å². The molecule has 0 saturated carbocycles. The highest BCUT2D eigenvalue weighted by atomic mass is 79.9. The summed E-state index contributed by atoms with van der Waals surface area (Å²) >= 11 is 3.26. The number of aryl methyl sites for hydroxylation is 1. The van der Waals surface area contributed by atoms with E-state index in [9.17, 15) is 5.11 Å². The number of fused-ring (bicyclic) bond motifs is 1. The van der Waals surface area contributed by atoms with E-state index in [0.29, 0.717) is 18.5 Å². The molecule has 1 aromatic rings. The fourth-order valence-electron chi connectivity index (χ4n) is 1.65. The zero-order valence-corrected chi connectivity index (χ0v) is 10.1. The fraction of sp³-hybridized carbons (Fsp3) is 0.455. The van der Waals surface area contributed by atoms with Gasteiger partial charge < -0.3 is 14.6 Å². The van der Waals surface area contributed by atoms with Crippen molar-refractivity contribution in [3.63, 3.8) is 0 Å². The second-order valence-corrected chi connectivity index (χ2v) is 4.17. The Kier molecular flexibility index (Phi) is 3.17. The number of alkyl halides is 1. The van der Waals surface area contributed by atoms with Gasteiger partial charge in [-0.1, -0.05) is 15.9 Å². The summed E-state index contributed by atoms with van der Waals surface area (Å²) in [7, 11) is 0. The summed E-state index contributed by atoms with van der Waals surface area (Å²) < 4.78 is 10.9. The lowest BCUT2D eigenvalue weighted by Gasteiger charge is -2.21. The van der Waals surface area contributed by atoms with Gasteiger partial charge in [0.1, 0.15) is 13.2 Å². The van der Waals surface area contributed by atoms with Crippen LogP contribution in [0.15, 0.2) is 12.1 Å². The largest absolute Gasteiger partial charge is 0.486 e. The normalized spacial score (nSPS) is 16.2. The van der Waals surface area contributed by atoms with Crippen molar-refractivity contribution in [1.29, 1.82) is 0 Å². The van der Waals surface area contributed by atoms with Gasteiger partial charge in [-0.05, 0) is 30.2 Å². The molecule has 1 N–H and O–H groups in total. The number of hydrogen-bond acceptors (Lipinski definition) is 3. The predicted octanol–water partition coefficient (Wildman–Crippen LogP) is 2.19. The number of benzene rings is 1. The summed E-state index contributed by atoms with van der Waals surface area (Å²) in [4.78, 5) is 0. The van der Waals surface area contributed by atoms with Crippen molar-refractivity contribution in [2.75, 3.05) is 18.5 Å². The van der Waals surface area contributed by atoms with Crippen LogP contribution in [0.4, 0.5) is 0 Å². The molecule has 0 bridgehead atoms. The smallest absolute Gasteiger partial charge is 0.161 e. The lowest BCUT2D eigenvalue weighted by Crippen LogP contribution is -2.16. The van der Waals surface area contributed by atoms with Crippen LogP contribution >= 0.6 is 15.9 Å². The van der Waals surface area contributed by atoms with Crippen LogP contribution in [-0.2, 0) is 0 Å². The first kappa shape index (κ1) is 10.8. The summed E-state index contributed by atoms with van der Waals surface area (Å²) in [6.45, 7) is 3.12. The molecule has 0 amide bonds. The van der Waals surface area contributed by atoms with Gasteiger partial charge in [-0.3, -0.25) is 0 Å². The van der Waals surface area contributed by atoms with Crippen molar-refractivity contribution in [1.82, 2.24) is 0 Å². The molecule has 82 valence electrons. The van der Waals surface area contributed by atoms with Gasteiger partial charge in [-0.15, -0.1) is 0 Å². The zero-order chi connectivity index (χ0) is 10.8. The molecule has 0 spiro atoms. The van der Waals surface area contributed by atoms with Crippen LogP contribution in [0.2, 0.25) is 0 Å². The fourth-order valence-corrected chi connectivity index (χ4v) is 2.00. The predicted molar refractivity (Wildman–Crippen MR) is 60.9 cm³/mol. The van der Waals surface area contributed by atoms with Gasteiger partial charge in [0.05, 0.1) is 6.10 Å². The Morgan fingerprint density at radius 2 is 1.93 bits per heavy atom. The summed E-state index contributed by atoms with van der Waals surface area (Å²) in [5.74, 6) is 1.49. The molecule has 1 atom stereocenters. The molecule has 0 aliphatic carbocycles. The highest BCUT2D eigenvalue weighted by Gasteiger charge is 2.17. The van der Waals surface area contributed by atoms with Gasteiger partial charge in [0, 0.05) is 5.33 Å². The Bertz CT molecular complexity index is 365. The molecule has 1 aliphatic rings. The quantitative estimate of drug-likeness (QED) is 0.839. The van der Waals surface area contributed by atoms with Gasteiger partial charge in [-0.2, -0.15) is 0 Å². The minimum atomic E-state index is -0.499. The van der Waals surface area contributed by atoms with Crippen molar-refractivity contribution in [3.8, 4) is 11.5 Å². The van der Waals surface area contributed by atoms with Crippen molar-refractivity contribution < 1.29 is 14.6 Å². The molecule has 2 rings (SSSR count). The molecule has 0 fully saturated rings. The molecular formula is C11H13BrO3. The molecule has 15 heavy (non-hydrogen) atoms. The minimum absolute atomic E-state index is 0.499. The van der Waals surface area contributed by atoms with Crippen LogP contribution in [0.25, 0.3) is 0 Å². The first-order valence-corrected chi connectivity index (χ1v) is 5.98. The van der Waals surface area contributed by atoms with Crippen LogP contribution in [0.3, 0.4) is 0 Å². The molecule has 0 aromatic heterocycles. The molecule has 0 saturated heterocycles. The lowest BCUT2D eigenvalue weighted by molar-refractivity contribution is 0.168. The molecule has 1 aliphatic heterocycles. The number of hydrogen-bond donors (Lipinski definition) is 1. The Hall–Kier alpha value is -0.740.